The molecule has 4 rings (SSSR count). The first kappa shape index (κ1) is 21.2. The lowest BCUT2D eigenvalue weighted by Gasteiger charge is -2.19. The van der Waals surface area contributed by atoms with Crippen LogP contribution in [0.15, 0.2) is 36.4 Å². The molecule has 9 heteroatoms. The van der Waals surface area contributed by atoms with Crippen LogP contribution in [0.25, 0.3) is 10.9 Å². The van der Waals surface area contributed by atoms with Gasteiger partial charge in [0.05, 0.1) is 24.3 Å². The molecular formula is C22H22F3N3O3. The molecule has 1 fully saturated rings. The Morgan fingerprint density at radius 2 is 1.90 bits per heavy atom. The fraction of sp³-hybridized carbons (Fsp3) is 0.364. The van der Waals surface area contributed by atoms with Gasteiger partial charge in [-0.2, -0.15) is 13.2 Å². The topological polar surface area (TPSA) is 76.5 Å². The van der Waals surface area contributed by atoms with E-state index in [4.69, 9.17) is 9.47 Å². The molecule has 3 atom stereocenters. The molecule has 1 saturated carbocycles. The van der Waals surface area contributed by atoms with Crippen molar-refractivity contribution in [3.05, 3.63) is 53.3 Å². The normalized spacial score (nSPS) is 19.2. The summed E-state index contributed by atoms with van der Waals surface area (Å²) in [6.07, 6.45) is -4.67. The van der Waals surface area contributed by atoms with Crippen LogP contribution in [0.3, 0.4) is 0 Å². The van der Waals surface area contributed by atoms with Crippen molar-refractivity contribution in [2.75, 3.05) is 12.4 Å². The van der Waals surface area contributed by atoms with Crippen LogP contribution >= 0.6 is 0 Å². The molecule has 0 radical (unpaired) electrons. The number of hydrogen-bond donors (Lipinski definition) is 2. The molecule has 164 valence electrons. The molecule has 1 heterocycles. The highest BCUT2D eigenvalue weighted by Crippen LogP contribution is 2.39. The van der Waals surface area contributed by atoms with Crippen molar-refractivity contribution in [2.45, 2.75) is 44.7 Å². The fourth-order valence-corrected chi connectivity index (χ4v) is 3.34. The maximum atomic E-state index is 13.1. The van der Waals surface area contributed by atoms with Gasteiger partial charge in [-0.1, -0.05) is 12.1 Å². The molecule has 1 aromatic heterocycles. The number of methoxy groups -OCH3 is 1. The molecule has 3 aromatic rings. The largest absolute Gasteiger partial charge is 0.493 e. The standard InChI is InChI=1S/C22H22F3N3O3/c1-11(13-5-4-6-14(7-13)22(23,24)25)26-21-15-8-20(31-18-10-17(18)29)19(30-3)9-16(15)27-12(2)28-21/h4-9,11,17-18,29H,10H2,1-3H3,(H,26,27,28)/t11-,17?,18?/m1/s1. The molecule has 0 amide bonds. The molecule has 2 unspecified atom stereocenters. The minimum absolute atomic E-state index is 0.293. The van der Waals surface area contributed by atoms with Crippen molar-refractivity contribution in [3.63, 3.8) is 0 Å². The van der Waals surface area contributed by atoms with Gasteiger partial charge in [-0.3, -0.25) is 0 Å². The van der Waals surface area contributed by atoms with Crippen LogP contribution in [0.2, 0.25) is 0 Å². The Balaban J connectivity index is 1.70. The number of aryl methyl sites for hydroxylation is 1. The van der Waals surface area contributed by atoms with Crippen LogP contribution < -0.4 is 14.8 Å². The average Bonchev–Trinajstić information content (AvgIpc) is 3.41. The number of alkyl halides is 3. The van der Waals surface area contributed by atoms with Crippen molar-refractivity contribution >= 4 is 16.7 Å². The van der Waals surface area contributed by atoms with E-state index in [-0.39, 0.29) is 6.10 Å². The van der Waals surface area contributed by atoms with Gasteiger partial charge in [-0.15, -0.1) is 0 Å². The number of rotatable bonds is 6. The minimum Gasteiger partial charge on any atom is -0.493 e. The Hall–Kier alpha value is -3.07. The van der Waals surface area contributed by atoms with E-state index < -0.39 is 23.9 Å². The summed E-state index contributed by atoms with van der Waals surface area (Å²) in [5.41, 5.74) is 0.378. The van der Waals surface area contributed by atoms with Gasteiger partial charge in [0.2, 0.25) is 0 Å². The first-order chi connectivity index (χ1) is 14.7. The number of anilines is 1. The van der Waals surface area contributed by atoms with E-state index in [9.17, 15) is 18.3 Å². The quantitative estimate of drug-likeness (QED) is 0.589. The first-order valence-corrected chi connectivity index (χ1v) is 9.80. The Bertz CT molecular complexity index is 1120. The van der Waals surface area contributed by atoms with E-state index in [0.29, 0.717) is 46.0 Å². The summed E-state index contributed by atoms with van der Waals surface area (Å²) in [5, 5.41) is 13.4. The molecule has 2 N–H and O–H groups in total. The number of aliphatic hydroxyl groups excluding tert-OH is 1. The molecule has 0 saturated heterocycles. The Labute approximate surface area is 177 Å². The molecule has 0 aliphatic heterocycles. The zero-order valence-electron chi connectivity index (χ0n) is 17.2. The second-order valence-corrected chi connectivity index (χ2v) is 7.59. The number of ether oxygens (including phenoxy) is 2. The molecule has 1 aliphatic rings. The summed E-state index contributed by atoms with van der Waals surface area (Å²) in [5.74, 6) is 1.89. The summed E-state index contributed by atoms with van der Waals surface area (Å²) >= 11 is 0. The van der Waals surface area contributed by atoms with Crippen molar-refractivity contribution in [2.24, 2.45) is 0 Å². The smallest absolute Gasteiger partial charge is 0.416 e. The van der Waals surface area contributed by atoms with Gasteiger partial charge in [0.25, 0.3) is 0 Å². The zero-order chi connectivity index (χ0) is 22.3. The predicted molar refractivity (Wildman–Crippen MR) is 109 cm³/mol. The molecule has 0 spiro atoms. The summed E-state index contributed by atoms with van der Waals surface area (Å²) in [6, 6.07) is 8.18. The lowest BCUT2D eigenvalue weighted by molar-refractivity contribution is -0.137. The third-order valence-corrected chi connectivity index (χ3v) is 5.14. The first-order valence-electron chi connectivity index (χ1n) is 9.80. The van der Waals surface area contributed by atoms with E-state index in [2.05, 4.69) is 15.3 Å². The molecule has 1 aliphatic carbocycles. The van der Waals surface area contributed by atoms with Crippen molar-refractivity contribution in [1.82, 2.24) is 9.97 Å². The highest BCUT2D eigenvalue weighted by Gasteiger charge is 2.38. The Morgan fingerprint density at radius 1 is 1.16 bits per heavy atom. The van der Waals surface area contributed by atoms with E-state index in [1.165, 1.54) is 13.2 Å². The summed E-state index contributed by atoms with van der Waals surface area (Å²) in [7, 11) is 1.51. The van der Waals surface area contributed by atoms with Crippen LogP contribution in [-0.4, -0.2) is 34.4 Å². The number of aliphatic hydroxyl groups is 1. The molecule has 0 bridgehead atoms. The minimum atomic E-state index is -4.41. The second-order valence-electron chi connectivity index (χ2n) is 7.59. The Morgan fingerprint density at radius 3 is 2.55 bits per heavy atom. The lowest BCUT2D eigenvalue weighted by Crippen LogP contribution is -2.12. The highest BCUT2D eigenvalue weighted by molar-refractivity contribution is 5.92. The summed E-state index contributed by atoms with van der Waals surface area (Å²) in [4.78, 5) is 8.89. The molecule has 2 aromatic carbocycles. The summed E-state index contributed by atoms with van der Waals surface area (Å²) < 4.78 is 50.5. The van der Waals surface area contributed by atoms with Crippen LogP contribution in [0.5, 0.6) is 11.5 Å². The number of halogens is 3. The van der Waals surface area contributed by atoms with Crippen molar-refractivity contribution < 1.29 is 27.8 Å². The van der Waals surface area contributed by atoms with E-state index in [1.54, 1.807) is 32.0 Å². The van der Waals surface area contributed by atoms with E-state index in [0.717, 1.165) is 12.1 Å². The maximum Gasteiger partial charge on any atom is 0.416 e. The van der Waals surface area contributed by atoms with Gasteiger partial charge >= 0.3 is 6.18 Å². The average molecular weight is 433 g/mol. The van der Waals surface area contributed by atoms with Crippen molar-refractivity contribution in [1.29, 1.82) is 0 Å². The van der Waals surface area contributed by atoms with Gasteiger partial charge in [0, 0.05) is 23.9 Å². The number of nitrogens with one attached hydrogen (secondary N) is 1. The van der Waals surface area contributed by atoms with Gasteiger partial charge < -0.3 is 19.9 Å². The van der Waals surface area contributed by atoms with Crippen LogP contribution in [0.1, 0.15) is 36.3 Å². The van der Waals surface area contributed by atoms with Gasteiger partial charge in [0.15, 0.2) is 11.5 Å². The summed E-state index contributed by atoms with van der Waals surface area (Å²) in [6.45, 7) is 3.50. The van der Waals surface area contributed by atoms with Crippen molar-refractivity contribution in [3.8, 4) is 11.5 Å². The monoisotopic (exact) mass is 433 g/mol. The molecular weight excluding hydrogens is 411 g/mol. The fourth-order valence-electron chi connectivity index (χ4n) is 3.34. The van der Waals surface area contributed by atoms with Crippen LogP contribution in [-0.2, 0) is 6.18 Å². The van der Waals surface area contributed by atoms with Gasteiger partial charge in [-0.05, 0) is 37.6 Å². The number of aromatic nitrogens is 2. The number of hydrogen-bond acceptors (Lipinski definition) is 6. The van der Waals surface area contributed by atoms with Crippen LogP contribution in [0.4, 0.5) is 19.0 Å². The third kappa shape index (κ3) is 4.51. The maximum absolute atomic E-state index is 13.1. The SMILES string of the molecule is COc1cc2nc(C)nc(N[C@H](C)c3cccc(C(F)(F)F)c3)c2cc1OC1CC1O. The van der Waals surface area contributed by atoms with Gasteiger partial charge in [-0.25, -0.2) is 9.97 Å². The molecule has 31 heavy (non-hydrogen) atoms. The molecule has 6 nitrogen and oxygen atoms in total. The van der Waals surface area contributed by atoms with Crippen LogP contribution in [0, 0.1) is 6.92 Å². The number of fused-ring (bicyclic) bond motifs is 1. The highest BCUT2D eigenvalue weighted by atomic mass is 19.4. The second kappa shape index (κ2) is 7.88. The lowest BCUT2D eigenvalue weighted by atomic mass is 10.0. The third-order valence-electron chi connectivity index (χ3n) is 5.14. The van der Waals surface area contributed by atoms with Gasteiger partial charge in [0.1, 0.15) is 17.7 Å². The zero-order valence-corrected chi connectivity index (χ0v) is 17.2. The van der Waals surface area contributed by atoms with E-state index >= 15 is 0 Å². The van der Waals surface area contributed by atoms with E-state index in [1.807, 2.05) is 0 Å². The predicted octanol–water partition coefficient (Wildman–Crippen LogP) is 4.65. The Kier molecular flexibility index (Phi) is 5.38. The number of benzene rings is 2. The number of nitrogens with zero attached hydrogens (tertiary/aromatic N) is 2.